The summed E-state index contributed by atoms with van der Waals surface area (Å²) >= 11 is 0. The molecule has 1 rings (SSSR count). The summed E-state index contributed by atoms with van der Waals surface area (Å²) in [6.45, 7) is 4.98. The number of aryl methyl sites for hydroxylation is 1. The Morgan fingerprint density at radius 2 is 1.52 bits per heavy atom. The summed E-state index contributed by atoms with van der Waals surface area (Å²) in [6, 6.07) is 3.80. The van der Waals surface area contributed by atoms with Gasteiger partial charge in [0, 0.05) is 25.3 Å². The molecule has 0 aliphatic heterocycles. The van der Waals surface area contributed by atoms with Gasteiger partial charge in [0.2, 0.25) is 0 Å². The molecule has 0 aromatic carbocycles. The second-order valence-corrected chi connectivity index (χ2v) is 6.20. The maximum atomic E-state index is 11.2. The molecule has 0 spiro atoms. The Morgan fingerprint density at radius 1 is 1.00 bits per heavy atom. The van der Waals surface area contributed by atoms with Crippen LogP contribution in [0.3, 0.4) is 0 Å². The van der Waals surface area contributed by atoms with E-state index >= 15 is 0 Å². The number of hydrogen-bond acceptors (Lipinski definition) is 6. The van der Waals surface area contributed by atoms with Crippen LogP contribution in [0.1, 0.15) is 17.0 Å². The molecule has 148 valence electrons. The Morgan fingerprint density at radius 3 is 2.04 bits per heavy atom. The number of rotatable bonds is 13. The molecule has 0 atom stereocenters. The number of carbonyl (C=O) groups is 3. The minimum Gasteiger partial charge on any atom is -0.480 e. The molecule has 1 aromatic rings. The molecular formula is C18H25N3O6. The van der Waals surface area contributed by atoms with Gasteiger partial charge in [-0.25, -0.2) is 0 Å². The molecule has 0 bridgehead atoms. The lowest BCUT2D eigenvalue weighted by Crippen LogP contribution is -2.41. The van der Waals surface area contributed by atoms with E-state index < -0.39 is 31.0 Å². The second kappa shape index (κ2) is 11.0. The van der Waals surface area contributed by atoms with Gasteiger partial charge in [0.25, 0.3) is 0 Å². The monoisotopic (exact) mass is 379 g/mol. The maximum Gasteiger partial charge on any atom is 0.317 e. The molecule has 0 fully saturated rings. The first-order valence-electron chi connectivity index (χ1n) is 8.37. The quantitative estimate of drug-likeness (QED) is 0.419. The number of carboxylic acid groups (broad SMARTS) is 3. The van der Waals surface area contributed by atoms with E-state index in [1.165, 1.54) is 4.90 Å². The number of hydrogen-bond donors (Lipinski definition) is 3. The van der Waals surface area contributed by atoms with Crippen LogP contribution in [0.4, 0.5) is 0 Å². The predicted octanol–water partition coefficient (Wildman–Crippen LogP) is 0.476. The van der Waals surface area contributed by atoms with E-state index in [4.69, 9.17) is 15.3 Å². The fourth-order valence-corrected chi connectivity index (χ4v) is 2.69. The minimum atomic E-state index is -1.14. The van der Waals surface area contributed by atoms with Crippen LogP contribution in [-0.2, 0) is 27.3 Å². The third kappa shape index (κ3) is 9.47. The van der Waals surface area contributed by atoms with Gasteiger partial charge in [0.1, 0.15) is 0 Å². The van der Waals surface area contributed by atoms with E-state index in [-0.39, 0.29) is 26.2 Å². The Balaban J connectivity index is 2.85. The Bertz CT molecular complexity index is 676. The van der Waals surface area contributed by atoms with Crippen LogP contribution in [0.5, 0.6) is 0 Å². The van der Waals surface area contributed by atoms with Crippen molar-refractivity contribution in [2.75, 3.05) is 32.7 Å². The van der Waals surface area contributed by atoms with Crippen molar-refractivity contribution in [1.29, 1.82) is 0 Å². The number of nitrogens with zero attached hydrogens (tertiary/aromatic N) is 3. The van der Waals surface area contributed by atoms with E-state index in [1.807, 2.05) is 19.1 Å². The summed E-state index contributed by atoms with van der Waals surface area (Å²) in [6.07, 6.45) is 2.43. The van der Waals surface area contributed by atoms with Crippen LogP contribution >= 0.6 is 0 Å². The van der Waals surface area contributed by atoms with Gasteiger partial charge in [-0.05, 0) is 31.0 Å². The first-order chi connectivity index (χ1) is 12.7. The van der Waals surface area contributed by atoms with Crippen molar-refractivity contribution < 1.29 is 29.7 Å². The van der Waals surface area contributed by atoms with Crippen molar-refractivity contribution >= 4 is 17.9 Å². The molecule has 9 nitrogen and oxygen atoms in total. The molecular weight excluding hydrogens is 354 g/mol. The standard InChI is InChI=1S/C18H25N3O6/c1-3-4-14-7-13(2)19-15(8-14)9-20(10-16(22)23)5-6-21(11-17(24)25)12-18(26)27/h3,7-8H,1,4-6,9-12H2,2H3,(H,22,23)(H,24,25)(H,26,27). The lowest BCUT2D eigenvalue weighted by atomic mass is 10.1. The lowest BCUT2D eigenvalue weighted by Gasteiger charge is -2.24. The fourth-order valence-electron chi connectivity index (χ4n) is 2.69. The number of aliphatic carboxylic acids is 3. The van der Waals surface area contributed by atoms with E-state index in [2.05, 4.69) is 11.6 Å². The van der Waals surface area contributed by atoms with Crippen LogP contribution in [0, 0.1) is 6.92 Å². The predicted molar refractivity (Wildman–Crippen MR) is 97.5 cm³/mol. The largest absolute Gasteiger partial charge is 0.480 e. The van der Waals surface area contributed by atoms with Gasteiger partial charge < -0.3 is 15.3 Å². The summed E-state index contributed by atoms with van der Waals surface area (Å²) in [5.41, 5.74) is 2.51. The van der Waals surface area contributed by atoms with Crippen molar-refractivity contribution in [2.24, 2.45) is 0 Å². The third-order valence-corrected chi connectivity index (χ3v) is 3.64. The van der Waals surface area contributed by atoms with Crippen molar-refractivity contribution in [1.82, 2.24) is 14.8 Å². The molecule has 0 unspecified atom stereocenters. The molecule has 0 aliphatic carbocycles. The zero-order valence-electron chi connectivity index (χ0n) is 15.3. The average Bonchev–Trinajstić information content (AvgIpc) is 2.50. The SMILES string of the molecule is C=CCc1cc(C)nc(CN(CCN(CC(=O)O)CC(=O)O)CC(=O)O)c1. The first-order valence-corrected chi connectivity index (χ1v) is 8.37. The molecule has 3 N–H and O–H groups in total. The summed E-state index contributed by atoms with van der Waals surface area (Å²) in [5, 5.41) is 26.9. The van der Waals surface area contributed by atoms with Gasteiger partial charge in [-0.3, -0.25) is 29.2 Å². The van der Waals surface area contributed by atoms with Gasteiger partial charge in [-0.2, -0.15) is 0 Å². The van der Waals surface area contributed by atoms with E-state index in [9.17, 15) is 14.4 Å². The minimum absolute atomic E-state index is 0.108. The zero-order chi connectivity index (χ0) is 20.4. The highest BCUT2D eigenvalue weighted by Gasteiger charge is 2.17. The average molecular weight is 379 g/mol. The van der Waals surface area contributed by atoms with Crippen molar-refractivity contribution in [3.8, 4) is 0 Å². The smallest absolute Gasteiger partial charge is 0.317 e. The van der Waals surface area contributed by atoms with Crippen molar-refractivity contribution in [3.05, 3.63) is 41.7 Å². The first kappa shape index (κ1) is 22.3. The van der Waals surface area contributed by atoms with Crippen LogP contribution in [-0.4, -0.2) is 80.7 Å². The summed E-state index contributed by atoms with van der Waals surface area (Å²) < 4.78 is 0. The normalized spacial score (nSPS) is 10.9. The summed E-state index contributed by atoms with van der Waals surface area (Å²) in [5.74, 6) is -3.32. The van der Waals surface area contributed by atoms with Crippen LogP contribution in [0.2, 0.25) is 0 Å². The molecule has 1 heterocycles. The van der Waals surface area contributed by atoms with Crippen LogP contribution in [0.25, 0.3) is 0 Å². The maximum absolute atomic E-state index is 11.2. The second-order valence-electron chi connectivity index (χ2n) is 6.20. The molecule has 27 heavy (non-hydrogen) atoms. The molecule has 0 aliphatic rings. The molecule has 0 amide bonds. The van der Waals surface area contributed by atoms with Crippen molar-refractivity contribution in [2.45, 2.75) is 19.9 Å². The molecule has 9 heteroatoms. The highest BCUT2D eigenvalue weighted by molar-refractivity contribution is 5.72. The van der Waals surface area contributed by atoms with Gasteiger partial charge >= 0.3 is 17.9 Å². The lowest BCUT2D eigenvalue weighted by molar-refractivity contribution is -0.143. The van der Waals surface area contributed by atoms with Gasteiger partial charge in [-0.1, -0.05) is 6.08 Å². The number of pyridine rings is 1. The topological polar surface area (TPSA) is 131 Å². The van der Waals surface area contributed by atoms with Crippen molar-refractivity contribution in [3.63, 3.8) is 0 Å². The Labute approximate surface area is 157 Å². The zero-order valence-corrected chi connectivity index (χ0v) is 15.3. The Kier molecular flexibility index (Phi) is 9.11. The molecule has 0 saturated heterocycles. The molecule has 0 saturated carbocycles. The highest BCUT2D eigenvalue weighted by atomic mass is 16.4. The van der Waals surface area contributed by atoms with Gasteiger partial charge in [0.05, 0.1) is 25.3 Å². The number of carboxylic acids is 3. The Hall–Kier alpha value is -2.78. The van der Waals surface area contributed by atoms with E-state index in [1.54, 1.807) is 11.0 Å². The fraction of sp³-hybridized carbons (Fsp3) is 0.444. The van der Waals surface area contributed by atoms with E-state index in [0.717, 1.165) is 11.3 Å². The third-order valence-electron chi connectivity index (χ3n) is 3.64. The number of allylic oxidation sites excluding steroid dienone is 1. The molecule has 1 aromatic heterocycles. The van der Waals surface area contributed by atoms with Gasteiger partial charge in [-0.15, -0.1) is 6.58 Å². The number of aromatic nitrogens is 1. The molecule has 0 radical (unpaired) electrons. The van der Waals surface area contributed by atoms with E-state index in [0.29, 0.717) is 12.1 Å². The summed E-state index contributed by atoms with van der Waals surface area (Å²) in [7, 11) is 0. The van der Waals surface area contributed by atoms with Crippen LogP contribution in [0.15, 0.2) is 24.8 Å². The van der Waals surface area contributed by atoms with Crippen LogP contribution < -0.4 is 0 Å². The summed E-state index contributed by atoms with van der Waals surface area (Å²) in [4.78, 5) is 40.2. The highest BCUT2D eigenvalue weighted by Crippen LogP contribution is 2.10. The van der Waals surface area contributed by atoms with Gasteiger partial charge in [0.15, 0.2) is 0 Å².